The van der Waals surface area contributed by atoms with E-state index in [1.54, 1.807) is 42.3 Å². The first kappa shape index (κ1) is 17.8. The van der Waals surface area contributed by atoms with Gasteiger partial charge in [-0.15, -0.1) is 10.2 Å². The maximum absolute atomic E-state index is 12.2. The molecule has 0 radical (unpaired) electrons. The topological polar surface area (TPSA) is 116 Å². The number of sulfone groups is 1. The van der Waals surface area contributed by atoms with Crippen molar-refractivity contribution in [2.75, 3.05) is 28.8 Å². The highest BCUT2D eigenvalue weighted by atomic mass is 32.2. The molecule has 1 aromatic carbocycles. The van der Waals surface area contributed by atoms with Crippen LogP contribution in [0.25, 0.3) is 0 Å². The molecule has 2 heterocycles. The van der Waals surface area contributed by atoms with Crippen molar-refractivity contribution in [3.63, 3.8) is 0 Å². The van der Waals surface area contributed by atoms with Crippen molar-refractivity contribution in [1.82, 2.24) is 10.2 Å². The molecule has 1 aliphatic heterocycles. The van der Waals surface area contributed by atoms with E-state index in [-0.39, 0.29) is 23.2 Å². The summed E-state index contributed by atoms with van der Waals surface area (Å²) in [6, 6.07) is 11.6. The summed E-state index contributed by atoms with van der Waals surface area (Å²) >= 11 is 0. The molecule has 9 heteroatoms. The van der Waals surface area contributed by atoms with Crippen molar-refractivity contribution in [1.29, 1.82) is 5.26 Å². The minimum absolute atomic E-state index is 0.0999. The Bertz CT molecular complexity index is 967. The minimum atomic E-state index is -2.99. The molecule has 8 nitrogen and oxygen atoms in total. The van der Waals surface area contributed by atoms with Crippen LogP contribution in [0.15, 0.2) is 36.4 Å². The highest BCUT2D eigenvalue weighted by Crippen LogP contribution is 2.21. The Balaban J connectivity index is 1.69. The fourth-order valence-electron chi connectivity index (χ4n) is 2.76. The average molecular weight is 371 g/mol. The van der Waals surface area contributed by atoms with Crippen molar-refractivity contribution in [2.24, 2.45) is 0 Å². The lowest BCUT2D eigenvalue weighted by molar-refractivity contribution is 0.102. The zero-order valence-corrected chi connectivity index (χ0v) is 14.9. The number of nitriles is 1. The molecule has 1 aromatic heterocycles. The maximum atomic E-state index is 12.2. The normalized spacial score (nSPS) is 18.1. The van der Waals surface area contributed by atoms with Crippen LogP contribution in [0.3, 0.4) is 0 Å². The summed E-state index contributed by atoms with van der Waals surface area (Å²) in [6.45, 7) is 0. The van der Waals surface area contributed by atoms with Crippen LogP contribution in [-0.2, 0) is 9.84 Å². The summed E-state index contributed by atoms with van der Waals surface area (Å²) in [5, 5.41) is 19.5. The molecule has 0 saturated carbocycles. The van der Waals surface area contributed by atoms with Crippen LogP contribution >= 0.6 is 0 Å². The summed E-state index contributed by atoms with van der Waals surface area (Å²) in [5.41, 5.74) is 1.06. The Labute approximate surface area is 151 Å². The molecule has 1 fully saturated rings. The van der Waals surface area contributed by atoms with E-state index in [4.69, 9.17) is 5.26 Å². The van der Waals surface area contributed by atoms with Gasteiger partial charge in [-0.1, -0.05) is 6.07 Å². The van der Waals surface area contributed by atoms with Gasteiger partial charge < -0.3 is 10.2 Å². The van der Waals surface area contributed by atoms with Crippen molar-refractivity contribution in [3.05, 3.63) is 47.7 Å². The van der Waals surface area contributed by atoms with Crippen LogP contribution in [0.1, 0.15) is 22.5 Å². The molecule has 1 amide bonds. The third-order valence-electron chi connectivity index (χ3n) is 4.25. The van der Waals surface area contributed by atoms with Gasteiger partial charge in [-0.2, -0.15) is 5.26 Å². The van der Waals surface area contributed by atoms with Gasteiger partial charge in [0.2, 0.25) is 0 Å². The third-order valence-corrected chi connectivity index (χ3v) is 6.00. The second-order valence-corrected chi connectivity index (χ2v) is 8.32. The van der Waals surface area contributed by atoms with E-state index in [0.717, 1.165) is 0 Å². The Kier molecular flexibility index (Phi) is 4.86. The van der Waals surface area contributed by atoms with Gasteiger partial charge in [0.05, 0.1) is 23.1 Å². The van der Waals surface area contributed by atoms with E-state index in [1.165, 1.54) is 6.07 Å². The summed E-state index contributed by atoms with van der Waals surface area (Å²) in [5.74, 6) is 0.348. The van der Waals surface area contributed by atoms with Gasteiger partial charge in [0.1, 0.15) is 0 Å². The Morgan fingerprint density at radius 3 is 2.73 bits per heavy atom. The Hall–Kier alpha value is -2.99. The van der Waals surface area contributed by atoms with Crippen molar-refractivity contribution in [2.45, 2.75) is 12.5 Å². The molecule has 1 saturated heterocycles. The van der Waals surface area contributed by atoms with Gasteiger partial charge in [-0.05, 0) is 36.8 Å². The first-order chi connectivity index (χ1) is 12.4. The quantitative estimate of drug-likeness (QED) is 0.859. The van der Waals surface area contributed by atoms with Crippen LogP contribution < -0.4 is 10.2 Å². The van der Waals surface area contributed by atoms with Gasteiger partial charge in [0.25, 0.3) is 5.91 Å². The number of rotatable bonds is 4. The zero-order valence-electron chi connectivity index (χ0n) is 14.1. The van der Waals surface area contributed by atoms with Crippen molar-refractivity contribution < 1.29 is 13.2 Å². The monoisotopic (exact) mass is 371 g/mol. The fraction of sp³-hybridized carbons (Fsp3) is 0.294. The van der Waals surface area contributed by atoms with Crippen molar-refractivity contribution in [3.8, 4) is 6.07 Å². The minimum Gasteiger partial charge on any atom is -0.354 e. The fourth-order valence-corrected chi connectivity index (χ4v) is 4.54. The van der Waals surface area contributed by atoms with Crippen LogP contribution in [0.2, 0.25) is 0 Å². The largest absolute Gasteiger partial charge is 0.354 e. The smallest absolute Gasteiger partial charge is 0.276 e. The molecule has 3 rings (SSSR count). The lowest BCUT2D eigenvalue weighted by atomic mass is 10.2. The molecule has 0 aliphatic carbocycles. The van der Waals surface area contributed by atoms with Crippen LogP contribution in [0.5, 0.6) is 0 Å². The van der Waals surface area contributed by atoms with E-state index >= 15 is 0 Å². The molecule has 1 aliphatic rings. The SMILES string of the molecule is CN(c1ccc(C(=O)Nc2cccc(C#N)c2)nn1)C1CCS(=O)(=O)C1. The highest BCUT2D eigenvalue weighted by Gasteiger charge is 2.31. The van der Waals surface area contributed by atoms with Gasteiger partial charge in [-0.3, -0.25) is 4.79 Å². The molecule has 134 valence electrons. The van der Waals surface area contributed by atoms with Crippen LogP contribution in [-0.4, -0.2) is 49.1 Å². The lowest BCUT2D eigenvalue weighted by Crippen LogP contribution is -2.33. The predicted octanol–water partition coefficient (Wildman–Crippen LogP) is 1.22. The molecular formula is C17H17N5O3S. The number of aromatic nitrogens is 2. The number of hydrogen-bond donors (Lipinski definition) is 1. The second-order valence-electron chi connectivity index (χ2n) is 6.09. The number of anilines is 2. The molecule has 2 aromatic rings. The van der Waals surface area contributed by atoms with Gasteiger partial charge in [0, 0.05) is 18.8 Å². The van der Waals surface area contributed by atoms with E-state index in [9.17, 15) is 13.2 Å². The number of carbonyl (C=O) groups excluding carboxylic acids is 1. The van der Waals surface area contributed by atoms with Crippen LogP contribution in [0, 0.1) is 11.3 Å². The molecule has 1 N–H and O–H groups in total. The summed E-state index contributed by atoms with van der Waals surface area (Å²) < 4.78 is 23.2. The maximum Gasteiger partial charge on any atom is 0.276 e. The summed E-state index contributed by atoms with van der Waals surface area (Å²) in [7, 11) is -1.22. The highest BCUT2D eigenvalue weighted by molar-refractivity contribution is 7.91. The number of carbonyl (C=O) groups is 1. The van der Waals surface area contributed by atoms with Gasteiger partial charge in [0.15, 0.2) is 21.3 Å². The summed E-state index contributed by atoms with van der Waals surface area (Å²) in [6.07, 6.45) is 0.554. The van der Waals surface area contributed by atoms with E-state index < -0.39 is 15.7 Å². The molecule has 26 heavy (non-hydrogen) atoms. The zero-order chi connectivity index (χ0) is 18.7. The first-order valence-electron chi connectivity index (χ1n) is 7.96. The van der Waals surface area contributed by atoms with E-state index in [1.807, 2.05) is 6.07 Å². The molecule has 1 unspecified atom stereocenters. The number of nitrogens with one attached hydrogen (secondary N) is 1. The van der Waals surface area contributed by atoms with Gasteiger partial charge in [-0.25, -0.2) is 8.42 Å². The van der Waals surface area contributed by atoms with Crippen molar-refractivity contribution >= 4 is 27.2 Å². The first-order valence-corrected chi connectivity index (χ1v) is 9.78. The van der Waals surface area contributed by atoms with Crippen LogP contribution in [0.4, 0.5) is 11.5 Å². The number of hydrogen-bond acceptors (Lipinski definition) is 7. The molecule has 0 bridgehead atoms. The second kappa shape index (κ2) is 7.09. The third kappa shape index (κ3) is 3.97. The molecule has 1 atom stereocenters. The number of nitrogens with zero attached hydrogens (tertiary/aromatic N) is 4. The Morgan fingerprint density at radius 1 is 1.31 bits per heavy atom. The number of benzene rings is 1. The van der Waals surface area contributed by atoms with E-state index in [0.29, 0.717) is 23.5 Å². The standard InChI is InChI=1S/C17H17N5O3S/c1-22(14-7-8-26(24,25)11-14)16-6-5-15(20-21-16)17(23)19-13-4-2-3-12(9-13)10-18/h2-6,9,14H,7-8,11H2,1H3,(H,19,23). The van der Waals surface area contributed by atoms with Gasteiger partial charge >= 0.3 is 0 Å². The lowest BCUT2D eigenvalue weighted by Gasteiger charge is -2.23. The Morgan fingerprint density at radius 2 is 2.12 bits per heavy atom. The molecule has 0 spiro atoms. The molecular weight excluding hydrogens is 354 g/mol. The van der Waals surface area contributed by atoms with E-state index in [2.05, 4.69) is 15.5 Å². The number of amides is 1. The predicted molar refractivity (Wildman–Crippen MR) is 96.6 cm³/mol. The average Bonchev–Trinajstić information content (AvgIpc) is 3.01. The summed E-state index contributed by atoms with van der Waals surface area (Å²) in [4.78, 5) is 14.0.